The lowest BCUT2D eigenvalue weighted by Gasteiger charge is -2.06. The maximum atomic E-state index is 13.9. The standard InChI is InChI=1S/C14H9BrFNO2/c1-8-6-11-13(19-8)12(16)7-17(14(11)18)10-4-2-9(15)3-5-10/h2-7H,1H3. The molecule has 0 amide bonds. The van der Waals surface area contributed by atoms with Crippen LogP contribution in [0.25, 0.3) is 16.7 Å². The van der Waals surface area contributed by atoms with E-state index in [1.54, 1.807) is 37.3 Å². The molecule has 2 aromatic heterocycles. The number of rotatable bonds is 1. The molecular weight excluding hydrogens is 313 g/mol. The van der Waals surface area contributed by atoms with E-state index >= 15 is 0 Å². The van der Waals surface area contributed by atoms with Gasteiger partial charge in [-0.05, 0) is 37.3 Å². The third kappa shape index (κ3) is 2.00. The van der Waals surface area contributed by atoms with E-state index in [0.717, 1.165) is 10.7 Å². The minimum absolute atomic E-state index is 0.0101. The van der Waals surface area contributed by atoms with Gasteiger partial charge in [-0.25, -0.2) is 4.39 Å². The Balaban J connectivity index is 2.33. The van der Waals surface area contributed by atoms with Crippen LogP contribution in [0.15, 0.2) is 50.2 Å². The van der Waals surface area contributed by atoms with E-state index in [9.17, 15) is 9.18 Å². The third-order valence-electron chi connectivity index (χ3n) is 2.87. The van der Waals surface area contributed by atoms with Crippen molar-refractivity contribution in [1.29, 1.82) is 0 Å². The van der Waals surface area contributed by atoms with Gasteiger partial charge in [-0.15, -0.1) is 0 Å². The molecule has 0 saturated carbocycles. The lowest BCUT2D eigenvalue weighted by molar-refractivity contribution is 0.534. The van der Waals surface area contributed by atoms with Crippen molar-refractivity contribution in [2.45, 2.75) is 6.92 Å². The highest BCUT2D eigenvalue weighted by Crippen LogP contribution is 2.20. The number of halogens is 2. The summed E-state index contributed by atoms with van der Waals surface area (Å²) in [7, 11) is 0. The molecule has 0 bridgehead atoms. The monoisotopic (exact) mass is 321 g/mol. The fraction of sp³-hybridized carbons (Fsp3) is 0.0714. The molecule has 3 rings (SSSR count). The molecular formula is C14H9BrFNO2. The highest BCUT2D eigenvalue weighted by molar-refractivity contribution is 9.10. The summed E-state index contributed by atoms with van der Waals surface area (Å²) in [4.78, 5) is 12.3. The molecule has 3 nitrogen and oxygen atoms in total. The third-order valence-corrected chi connectivity index (χ3v) is 3.40. The Morgan fingerprint density at radius 1 is 1.26 bits per heavy atom. The molecule has 2 heterocycles. The highest BCUT2D eigenvalue weighted by atomic mass is 79.9. The second-order valence-electron chi connectivity index (χ2n) is 4.23. The number of hydrogen-bond acceptors (Lipinski definition) is 2. The van der Waals surface area contributed by atoms with Gasteiger partial charge in [0.2, 0.25) is 0 Å². The van der Waals surface area contributed by atoms with Crippen molar-refractivity contribution >= 4 is 26.9 Å². The molecule has 3 aromatic rings. The maximum absolute atomic E-state index is 13.9. The summed E-state index contributed by atoms with van der Waals surface area (Å²) in [6.07, 6.45) is 1.15. The van der Waals surface area contributed by atoms with Gasteiger partial charge in [0.05, 0.1) is 11.6 Å². The lowest BCUT2D eigenvalue weighted by atomic mass is 10.2. The normalized spacial score (nSPS) is 11.1. The Kier molecular flexibility index (Phi) is 2.78. The lowest BCUT2D eigenvalue weighted by Crippen LogP contribution is -2.18. The zero-order chi connectivity index (χ0) is 13.6. The molecule has 19 heavy (non-hydrogen) atoms. The maximum Gasteiger partial charge on any atom is 0.266 e. The van der Waals surface area contributed by atoms with Crippen LogP contribution >= 0.6 is 15.9 Å². The van der Waals surface area contributed by atoms with Gasteiger partial charge >= 0.3 is 0 Å². The molecule has 0 fully saturated rings. The summed E-state index contributed by atoms with van der Waals surface area (Å²) in [5.41, 5.74) is 0.319. The number of hydrogen-bond donors (Lipinski definition) is 0. The Bertz CT molecular complexity index is 818. The van der Waals surface area contributed by atoms with Crippen molar-refractivity contribution in [3.8, 4) is 5.69 Å². The zero-order valence-electron chi connectivity index (χ0n) is 9.98. The fourth-order valence-electron chi connectivity index (χ4n) is 2.00. The number of pyridine rings is 1. The Morgan fingerprint density at radius 3 is 2.63 bits per heavy atom. The molecule has 1 aromatic carbocycles. The number of fused-ring (bicyclic) bond motifs is 1. The summed E-state index contributed by atoms with van der Waals surface area (Å²) >= 11 is 3.32. The van der Waals surface area contributed by atoms with E-state index in [1.165, 1.54) is 4.57 Å². The van der Waals surface area contributed by atoms with Crippen LogP contribution in [0.4, 0.5) is 4.39 Å². The highest BCUT2D eigenvalue weighted by Gasteiger charge is 2.14. The average Bonchev–Trinajstić information content (AvgIpc) is 2.78. The first-order valence-electron chi connectivity index (χ1n) is 5.63. The van der Waals surface area contributed by atoms with E-state index in [1.807, 2.05) is 0 Å². The van der Waals surface area contributed by atoms with Crippen LogP contribution in [0.3, 0.4) is 0 Å². The smallest absolute Gasteiger partial charge is 0.266 e. The van der Waals surface area contributed by atoms with Crippen LogP contribution in [0.1, 0.15) is 5.76 Å². The van der Waals surface area contributed by atoms with E-state index in [0.29, 0.717) is 11.4 Å². The number of aryl methyl sites for hydroxylation is 1. The van der Waals surface area contributed by atoms with Crippen molar-refractivity contribution < 1.29 is 8.81 Å². The predicted molar refractivity (Wildman–Crippen MR) is 74.2 cm³/mol. The van der Waals surface area contributed by atoms with Gasteiger partial charge in [-0.2, -0.15) is 0 Å². The molecule has 0 aliphatic heterocycles. The molecule has 0 aliphatic carbocycles. The van der Waals surface area contributed by atoms with Gasteiger partial charge in [-0.3, -0.25) is 9.36 Å². The van der Waals surface area contributed by atoms with Crippen molar-refractivity contribution in [3.05, 3.63) is 62.9 Å². The zero-order valence-corrected chi connectivity index (χ0v) is 11.6. The van der Waals surface area contributed by atoms with Crippen LogP contribution in [0.2, 0.25) is 0 Å². The van der Waals surface area contributed by atoms with Gasteiger partial charge < -0.3 is 4.42 Å². The summed E-state index contributed by atoms with van der Waals surface area (Å²) in [6.45, 7) is 1.68. The summed E-state index contributed by atoms with van der Waals surface area (Å²) in [5.74, 6) is -0.0369. The Morgan fingerprint density at radius 2 is 1.95 bits per heavy atom. The minimum atomic E-state index is -0.550. The average molecular weight is 322 g/mol. The molecule has 0 unspecified atom stereocenters. The molecule has 96 valence electrons. The molecule has 0 atom stereocenters. The number of nitrogens with zero attached hydrogens (tertiary/aromatic N) is 1. The van der Waals surface area contributed by atoms with Gasteiger partial charge in [0.25, 0.3) is 5.56 Å². The quantitative estimate of drug-likeness (QED) is 0.683. The van der Waals surface area contributed by atoms with Gasteiger partial charge in [0, 0.05) is 10.2 Å². The van der Waals surface area contributed by atoms with E-state index < -0.39 is 5.82 Å². The second-order valence-corrected chi connectivity index (χ2v) is 5.14. The first kappa shape index (κ1) is 12.2. The largest absolute Gasteiger partial charge is 0.458 e. The molecule has 5 heteroatoms. The van der Waals surface area contributed by atoms with Crippen molar-refractivity contribution in [3.63, 3.8) is 0 Å². The van der Waals surface area contributed by atoms with Crippen LogP contribution < -0.4 is 5.56 Å². The molecule has 0 radical (unpaired) electrons. The number of benzene rings is 1. The van der Waals surface area contributed by atoms with Gasteiger partial charge in [0.1, 0.15) is 5.76 Å². The molecule has 0 N–H and O–H groups in total. The van der Waals surface area contributed by atoms with Crippen LogP contribution in [0.5, 0.6) is 0 Å². The molecule has 0 spiro atoms. The van der Waals surface area contributed by atoms with Gasteiger partial charge in [-0.1, -0.05) is 15.9 Å². The van der Waals surface area contributed by atoms with E-state index in [-0.39, 0.29) is 16.5 Å². The van der Waals surface area contributed by atoms with Crippen molar-refractivity contribution in [2.24, 2.45) is 0 Å². The SMILES string of the molecule is Cc1cc2c(=O)n(-c3ccc(Br)cc3)cc(F)c2o1. The summed E-state index contributed by atoms with van der Waals surface area (Å²) < 4.78 is 21.3. The first-order chi connectivity index (χ1) is 9.06. The Labute approximate surface area is 116 Å². The van der Waals surface area contributed by atoms with E-state index in [4.69, 9.17) is 4.42 Å². The number of furan rings is 1. The predicted octanol–water partition coefficient (Wildman–Crippen LogP) is 3.79. The van der Waals surface area contributed by atoms with E-state index in [2.05, 4.69) is 15.9 Å². The van der Waals surface area contributed by atoms with Crippen LogP contribution in [-0.4, -0.2) is 4.57 Å². The van der Waals surface area contributed by atoms with Crippen LogP contribution in [-0.2, 0) is 0 Å². The molecule has 0 saturated heterocycles. The topological polar surface area (TPSA) is 35.1 Å². The second kappa shape index (κ2) is 4.35. The first-order valence-corrected chi connectivity index (χ1v) is 6.43. The van der Waals surface area contributed by atoms with Crippen molar-refractivity contribution in [2.75, 3.05) is 0 Å². The summed E-state index contributed by atoms with van der Waals surface area (Å²) in [5, 5.41) is 0.250. The minimum Gasteiger partial charge on any atom is -0.458 e. The van der Waals surface area contributed by atoms with Gasteiger partial charge in [0.15, 0.2) is 11.4 Å². The summed E-state index contributed by atoms with van der Waals surface area (Å²) in [6, 6.07) is 8.62. The van der Waals surface area contributed by atoms with Crippen molar-refractivity contribution in [1.82, 2.24) is 4.57 Å². The molecule has 0 aliphatic rings. The fourth-order valence-corrected chi connectivity index (χ4v) is 2.27. The Hall–Kier alpha value is -1.88. The van der Waals surface area contributed by atoms with Crippen LogP contribution in [0, 0.1) is 12.7 Å². The number of aromatic nitrogens is 1.